The Hall–Kier alpha value is -2.93. The minimum atomic E-state index is -0.299. The molecule has 0 aromatic heterocycles. The molecule has 3 rings (SSSR count). The van der Waals surface area contributed by atoms with Gasteiger partial charge in [0.2, 0.25) is 5.91 Å². The van der Waals surface area contributed by atoms with E-state index in [-0.39, 0.29) is 42.4 Å². The Morgan fingerprint density at radius 1 is 1.11 bits per heavy atom. The van der Waals surface area contributed by atoms with Gasteiger partial charge in [-0.15, -0.1) is 30.4 Å². The van der Waals surface area contributed by atoms with Gasteiger partial charge >= 0.3 is 0 Å². The van der Waals surface area contributed by atoms with E-state index in [0.29, 0.717) is 41.7 Å². The Labute approximate surface area is 180 Å². The molecule has 1 amide bonds. The fourth-order valence-electron chi connectivity index (χ4n) is 2.47. The Bertz CT molecular complexity index is 909. The third kappa shape index (κ3) is 6.06. The Balaban J connectivity index is 0.00000280. The molecule has 0 unspecified atom stereocenters. The van der Waals surface area contributed by atoms with Crippen molar-refractivity contribution in [2.24, 2.45) is 10.7 Å². The second kappa shape index (κ2) is 10.4. The first-order valence-electron chi connectivity index (χ1n) is 8.47. The molecule has 0 fully saturated rings. The molecule has 0 saturated carbocycles. The first-order chi connectivity index (χ1) is 13.1. The number of terminal acetylenes is 1. The van der Waals surface area contributed by atoms with Gasteiger partial charge in [0.1, 0.15) is 6.54 Å². The fraction of sp³-hybridized carbons (Fsp3) is 0.200. The number of nitrogens with zero attached hydrogens (tertiary/aromatic N) is 1. The average Bonchev–Trinajstić information content (AvgIpc) is 2.91. The molecule has 7 nitrogen and oxygen atoms in total. The number of guanidine groups is 1. The van der Waals surface area contributed by atoms with Crippen molar-refractivity contribution in [3.63, 3.8) is 0 Å². The van der Waals surface area contributed by atoms with E-state index in [0.717, 1.165) is 6.42 Å². The summed E-state index contributed by atoms with van der Waals surface area (Å²) in [5.41, 5.74) is 7.86. The monoisotopic (exact) mass is 492 g/mol. The lowest BCUT2D eigenvalue weighted by atomic mass is 10.2. The SMILES string of the molecule is C#Cc1cccc(NC(=O)CN=C(N)Nc2ccc3c(c2)OCCCO3)c1.I. The third-order valence-electron chi connectivity index (χ3n) is 3.73. The van der Waals surface area contributed by atoms with E-state index in [1.165, 1.54) is 0 Å². The molecular formula is C20H21IN4O3. The van der Waals surface area contributed by atoms with Crippen LogP contribution in [0, 0.1) is 12.3 Å². The van der Waals surface area contributed by atoms with Crippen LogP contribution in [0.1, 0.15) is 12.0 Å². The van der Waals surface area contributed by atoms with E-state index >= 15 is 0 Å². The molecule has 0 aliphatic carbocycles. The highest BCUT2D eigenvalue weighted by Gasteiger charge is 2.11. The van der Waals surface area contributed by atoms with Crippen molar-refractivity contribution in [3.8, 4) is 23.8 Å². The molecule has 0 spiro atoms. The molecule has 28 heavy (non-hydrogen) atoms. The number of carbonyl (C=O) groups is 1. The Morgan fingerprint density at radius 2 is 1.86 bits per heavy atom. The molecule has 1 aliphatic heterocycles. The maximum atomic E-state index is 12.0. The molecule has 2 aromatic carbocycles. The summed E-state index contributed by atoms with van der Waals surface area (Å²) in [6.45, 7) is 1.10. The van der Waals surface area contributed by atoms with Crippen LogP contribution in [0.4, 0.5) is 11.4 Å². The van der Waals surface area contributed by atoms with Gasteiger partial charge < -0.3 is 25.8 Å². The number of hydrogen-bond donors (Lipinski definition) is 3. The summed E-state index contributed by atoms with van der Waals surface area (Å²) in [4.78, 5) is 16.1. The van der Waals surface area contributed by atoms with Crippen molar-refractivity contribution in [1.82, 2.24) is 0 Å². The van der Waals surface area contributed by atoms with Crippen LogP contribution in [0.2, 0.25) is 0 Å². The molecule has 0 bridgehead atoms. The zero-order valence-electron chi connectivity index (χ0n) is 15.1. The highest BCUT2D eigenvalue weighted by Crippen LogP contribution is 2.32. The van der Waals surface area contributed by atoms with Crippen LogP contribution < -0.4 is 25.8 Å². The summed E-state index contributed by atoms with van der Waals surface area (Å²) in [5.74, 6) is 3.69. The predicted molar refractivity (Wildman–Crippen MR) is 121 cm³/mol. The van der Waals surface area contributed by atoms with Crippen molar-refractivity contribution in [2.45, 2.75) is 6.42 Å². The van der Waals surface area contributed by atoms with Gasteiger partial charge in [0, 0.05) is 29.4 Å². The quantitative estimate of drug-likeness (QED) is 0.264. The first kappa shape index (κ1) is 21.4. The smallest absolute Gasteiger partial charge is 0.246 e. The van der Waals surface area contributed by atoms with E-state index in [1.54, 1.807) is 42.5 Å². The van der Waals surface area contributed by atoms with Gasteiger partial charge in [0.15, 0.2) is 17.5 Å². The van der Waals surface area contributed by atoms with E-state index < -0.39 is 0 Å². The second-order valence-corrected chi connectivity index (χ2v) is 5.81. The number of fused-ring (bicyclic) bond motifs is 1. The summed E-state index contributed by atoms with van der Waals surface area (Å²) in [7, 11) is 0. The van der Waals surface area contributed by atoms with Gasteiger partial charge in [-0.25, -0.2) is 4.99 Å². The van der Waals surface area contributed by atoms with Crippen LogP contribution in [0.3, 0.4) is 0 Å². The topological polar surface area (TPSA) is 98.0 Å². The molecule has 8 heteroatoms. The van der Waals surface area contributed by atoms with Crippen molar-refractivity contribution >= 4 is 47.2 Å². The highest BCUT2D eigenvalue weighted by molar-refractivity contribution is 14.0. The standard InChI is InChI=1S/C20H20N4O3.HI/c1-2-14-5-3-6-15(11-14)23-19(25)13-22-20(21)24-16-7-8-17-18(12-16)27-10-4-9-26-17;/h1,3,5-8,11-12H,4,9-10,13H2,(H,23,25)(H3,21,22,24);1H. The van der Waals surface area contributed by atoms with Gasteiger partial charge in [0.25, 0.3) is 0 Å². The summed E-state index contributed by atoms with van der Waals surface area (Å²) in [6, 6.07) is 12.4. The number of hydrogen-bond acceptors (Lipinski definition) is 4. The van der Waals surface area contributed by atoms with Gasteiger partial charge in [-0.05, 0) is 30.3 Å². The number of ether oxygens (including phenoxy) is 2. The lowest BCUT2D eigenvalue weighted by Crippen LogP contribution is -2.25. The predicted octanol–water partition coefficient (Wildman–Crippen LogP) is 2.81. The zero-order valence-corrected chi connectivity index (χ0v) is 17.4. The molecule has 0 saturated heterocycles. The lowest BCUT2D eigenvalue weighted by Gasteiger charge is -2.10. The van der Waals surface area contributed by atoms with Crippen LogP contribution in [0.5, 0.6) is 11.5 Å². The molecule has 0 radical (unpaired) electrons. The second-order valence-electron chi connectivity index (χ2n) is 5.81. The molecule has 2 aromatic rings. The number of anilines is 2. The molecule has 1 aliphatic rings. The number of nitrogens with two attached hydrogens (primary N) is 1. The number of rotatable bonds is 4. The van der Waals surface area contributed by atoms with E-state index in [1.807, 2.05) is 0 Å². The minimum Gasteiger partial charge on any atom is -0.490 e. The van der Waals surface area contributed by atoms with Crippen molar-refractivity contribution in [2.75, 3.05) is 30.4 Å². The molecule has 146 valence electrons. The van der Waals surface area contributed by atoms with Gasteiger partial charge in [0.05, 0.1) is 13.2 Å². The molecule has 4 N–H and O–H groups in total. The minimum absolute atomic E-state index is 0. The van der Waals surface area contributed by atoms with E-state index in [2.05, 4.69) is 21.5 Å². The van der Waals surface area contributed by atoms with Crippen LogP contribution in [0.25, 0.3) is 0 Å². The number of amides is 1. The number of aliphatic imine (C=N–C) groups is 1. The van der Waals surface area contributed by atoms with Crippen molar-refractivity contribution < 1.29 is 14.3 Å². The summed E-state index contributed by atoms with van der Waals surface area (Å²) >= 11 is 0. The van der Waals surface area contributed by atoms with E-state index in [4.69, 9.17) is 21.6 Å². The van der Waals surface area contributed by atoms with Gasteiger partial charge in [-0.2, -0.15) is 0 Å². The molecular weight excluding hydrogens is 471 g/mol. The number of halogens is 1. The number of carbonyl (C=O) groups excluding carboxylic acids is 1. The van der Waals surface area contributed by atoms with Crippen molar-refractivity contribution in [1.29, 1.82) is 0 Å². The summed E-state index contributed by atoms with van der Waals surface area (Å²) < 4.78 is 11.2. The van der Waals surface area contributed by atoms with Crippen LogP contribution in [-0.4, -0.2) is 31.6 Å². The van der Waals surface area contributed by atoms with E-state index in [9.17, 15) is 4.79 Å². The molecule has 1 heterocycles. The first-order valence-corrected chi connectivity index (χ1v) is 8.47. The van der Waals surface area contributed by atoms with Gasteiger partial charge in [-0.1, -0.05) is 12.0 Å². The lowest BCUT2D eigenvalue weighted by molar-refractivity contribution is -0.114. The average molecular weight is 492 g/mol. The zero-order chi connectivity index (χ0) is 19.1. The van der Waals surface area contributed by atoms with Crippen LogP contribution in [-0.2, 0) is 4.79 Å². The number of benzene rings is 2. The Morgan fingerprint density at radius 3 is 2.64 bits per heavy atom. The van der Waals surface area contributed by atoms with Crippen LogP contribution >= 0.6 is 24.0 Å². The Kier molecular flexibility index (Phi) is 7.95. The molecule has 0 atom stereocenters. The largest absolute Gasteiger partial charge is 0.490 e. The summed E-state index contributed by atoms with van der Waals surface area (Å²) in [5, 5.41) is 5.66. The third-order valence-corrected chi connectivity index (χ3v) is 3.73. The maximum absolute atomic E-state index is 12.0. The van der Waals surface area contributed by atoms with Gasteiger partial charge in [-0.3, -0.25) is 4.79 Å². The fourth-order valence-corrected chi connectivity index (χ4v) is 2.47. The maximum Gasteiger partial charge on any atom is 0.246 e. The summed E-state index contributed by atoms with van der Waals surface area (Å²) in [6.07, 6.45) is 6.18. The van der Waals surface area contributed by atoms with Crippen molar-refractivity contribution in [3.05, 3.63) is 48.0 Å². The number of nitrogens with one attached hydrogen (secondary N) is 2. The highest BCUT2D eigenvalue weighted by atomic mass is 127. The normalized spacial score (nSPS) is 12.8. The van der Waals surface area contributed by atoms with Crippen LogP contribution in [0.15, 0.2) is 47.5 Å².